The molecule has 0 amide bonds. The van der Waals surface area contributed by atoms with E-state index in [9.17, 15) is 4.79 Å². The molecular formula is C21H27N5O3. The van der Waals surface area contributed by atoms with Gasteiger partial charge < -0.3 is 14.4 Å². The topological polar surface area (TPSA) is 85.3 Å². The first-order chi connectivity index (χ1) is 14.0. The minimum absolute atomic E-state index is 0.0328. The van der Waals surface area contributed by atoms with Crippen LogP contribution in [-0.2, 0) is 19.9 Å². The summed E-state index contributed by atoms with van der Waals surface area (Å²) in [6, 6.07) is 4.10. The van der Waals surface area contributed by atoms with Crippen molar-refractivity contribution in [2.45, 2.75) is 39.2 Å². The van der Waals surface area contributed by atoms with Crippen molar-refractivity contribution in [1.29, 1.82) is 0 Å². The molecule has 3 aromatic rings. The van der Waals surface area contributed by atoms with Gasteiger partial charge in [0.15, 0.2) is 17.0 Å². The molecular weight excluding hydrogens is 370 g/mol. The normalized spacial score (nSPS) is 16.2. The monoisotopic (exact) mass is 397 g/mol. The number of hydrogen-bond acceptors (Lipinski definition) is 6. The fraction of sp³-hybridized carbons (Fsp3) is 0.476. The van der Waals surface area contributed by atoms with Gasteiger partial charge in [0.25, 0.3) is 5.56 Å². The SMILES string of the molecule is CCCc1nn(C)c2c(=O)[nH]c(N3CCc4cc(OC)c(OC)cc4C3C)nc12. The highest BCUT2D eigenvalue weighted by atomic mass is 16.5. The molecule has 1 N–H and O–H groups in total. The zero-order valence-electron chi connectivity index (χ0n) is 17.6. The summed E-state index contributed by atoms with van der Waals surface area (Å²) in [5, 5.41) is 4.51. The van der Waals surface area contributed by atoms with E-state index in [0.717, 1.165) is 42.8 Å². The summed E-state index contributed by atoms with van der Waals surface area (Å²) >= 11 is 0. The van der Waals surface area contributed by atoms with Gasteiger partial charge in [-0.1, -0.05) is 13.3 Å². The predicted octanol–water partition coefficient (Wildman–Crippen LogP) is 2.75. The zero-order valence-corrected chi connectivity index (χ0v) is 17.6. The van der Waals surface area contributed by atoms with Gasteiger partial charge in [-0.15, -0.1) is 0 Å². The molecule has 0 saturated carbocycles. The van der Waals surface area contributed by atoms with E-state index in [1.54, 1.807) is 25.9 Å². The highest BCUT2D eigenvalue weighted by Gasteiger charge is 2.28. The van der Waals surface area contributed by atoms with Crippen LogP contribution >= 0.6 is 0 Å². The van der Waals surface area contributed by atoms with Crippen LogP contribution in [0.4, 0.5) is 5.95 Å². The van der Waals surface area contributed by atoms with Gasteiger partial charge in [-0.3, -0.25) is 14.5 Å². The molecule has 8 heteroatoms. The Hall–Kier alpha value is -3.03. The molecule has 29 heavy (non-hydrogen) atoms. The second-order valence-corrected chi connectivity index (χ2v) is 7.43. The number of H-pyrrole nitrogens is 1. The van der Waals surface area contributed by atoms with Crippen molar-refractivity contribution < 1.29 is 9.47 Å². The highest BCUT2D eigenvalue weighted by Crippen LogP contribution is 2.38. The van der Waals surface area contributed by atoms with Crippen molar-refractivity contribution in [3.8, 4) is 11.5 Å². The molecule has 1 atom stereocenters. The van der Waals surface area contributed by atoms with Crippen LogP contribution in [0.3, 0.4) is 0 Å². The molecule has 4 rings (SSSR count). The number of nitrogens with one attached hydrogen (secondary N) is 1. The average Bonchev–Trinajstić information content (AvgIpc) is 3.03. The fourth-order valence-electron chi connectivity index (χ4n) is 4.21. The molecule has 0 spiro atoms. The van der Waals surface area contributed by atoms with Crippen molar-refractivity contribution >= 4 is 17.0 Å². The summed E-state index contributed by atoms with van der Waals surface area (Å²) in [6.45, 7) is 4.96. The van der Waals surface area contributed by atoms with Crippen LogP contribution in [-0.4, -0.2) is 40.5 Å². The molecule has 2 aromatic heterocycles. The first-order valence-corrected chi connectivity index (χ1v) is 9.95. The number of methoxy groups -OCH3 is 2. The van der Waals surface area contributed by atoms with E-state index in [1.807, 2.05) is 12.1 Å². The second-order valence-electron chi connectivity index (χ2n) is 7.43. The van der Waals surface area contributed by atoms with Gasteiger partial charge in [-0.2, -0.15) is 5.10 Å². The van der Waals surface area contributed by atoms with E-state index < -0.39 is 0 Å². The second kappa shape index (κ2) is 7.42. The number of nitrogens with zero attached hydrogens (tertiary/aromatic N) is 4. The van der Waals surface area contributed by atoms with Gasteiger partial charge in [0.2, 0.25) is 5.95 Å². The van der Waals surface area contributed by atoms with Gasteiger partial charge in [-0.25, -0.2) is 4.98 Å². The van der Waals surface area contributed by atoms with Crippen LogP contribution in [0.15, 0.2) is 16.9 Å². The Bertz CT molecular complexity index is 1120. The number of rotatable bonds is 5. The molecule has 1 aromatic carbocycles. The minimum atomic E-state index is -0.160. The van der Waals surface area contributed by atoms with E-state index in [4.69, 9.17) is 14.5 Å². The quantitative estimate of drug-likeness (QED) is 0.713. The number of anilines is 1. The Morgan fingerprint density at radius 3 is 2.66 bits per heavy atom. The molecule has 0 saturated heterocycles. The molecule has 8 nitrogen and oxygen atoms in total. The van der Waals surface area contributed by atoms with Crippen molar-refractivity contribution in [2.24, 2.45) is 7.05 Å². The Kier molecular flexibility index (Phi) is 4.94. The molecule has 1 unspecified atom stereocenters. The smallest absolute Gasteiger partial charge is 0.278 e. The number of fused-ring (bicyclic) bond motifs is 2. The molecule has 0 radical (unpaired) electrons. The van der Waals surface area contributed by atoms with Gasteiger partial charge in [0.1, 0.15) is 5.52 Å². The van der Waals surface area contributed by atoms with E-state index >= 15 is 0 Å². The maximum Gasteiger partial charge on any atom is 0.278 e. The number of benzene rings is 1. The van der Waals surface area contributed by atoms with E-state index in [0.29, 0.717) is 22.7 Å². The predicted molar refractivity (Wildman–Crippen MR) is 112 cm³/mol. The summed E-state index contributed by atoms with van der Waals surface area (Å²) in [5.41, 5.74) is 4.30. The third-order valence-corrected chi connectivity index (χ3v) is 5.69. The van der Waals surface area contributed by atoms with Crippen LogP contribution in [0.1, 0.15) is 43.1 Å². The highest BCUT2D eigenvalue weighted by molar-refractivity contribution is 5.78. The molecule has 0 aliphatic carbocycles. The Morgan fingerprint density at radius 1 is 1.24 bits per heavy atom. The standard InChI is InChI=1S/C21H27N5O3/c1-6-7-15-18-19(25(3)24-15)20(27)23-21(22-18)26-9-8-13-10-16(28-4)17(29-5)11-14(13)12(26)2/h10-12H,6-9H2,1-5H3,(H,22,23,27). The van der Waals surface area contributed by atoms with Crippen LogP contribution in [0.2, 0.25) is 0 Å². The third kappa shape index (κ3) is 3.12. The lowest BCUT2D eigenvalue weighted by Gasteiger charge is -2.36. The van der Waals surface area contributed by atoms with Crippen LogP contribution in [0, 0.1) is 0 Å². The summed E-state index contributed by atoms with van der Waals surface area (Å²) in [6.07, 6.45) is 2.57. The van der Waals surface area contributed by atoms with Crippen LogP contribution < -0.4 is 19.9 Å². The van der Waals surface area contributed by atoms with Crippen molar-refractivity contribution in [2.75, 3.05) is 25.7 Å². The molecule has 0 bridgehead atoms. The molecule has 1 aliphatic heterocycles. The number of aryl methyl sites for hydroxylation is 2. The third-order valence-electron chi connectivity index (χ3n) is 5.69. The number of ether oxygens (including phenoxy) is 2. The van der Waals surface area contributed by atoms with E-state index in [-0.39, 0.29) is 11.6 Å². The maximum absolute atomic E-state index is 12.8. The first kappa shape index (κ1) is 19.3. The van der Waals surface area contributed by atoms with Gasteiger partial charge in [0.05, 0.1) is 26.0 Å². The fourth-order valence-corrected chi connectivity index (χ4v) is 4.21. The number of aromatic nitrogens is 4. The summed E-state index contributed by atoms with van der Waals surface area (Å²) < 4.78 is 12.6. The van der Waals surface area contributed by atoms with Crippen LogP contribution in [0.5, 0.6) is 11.5 Å². The largest absolute Gasteiger partial charge is 0.493 e. The molecule has 3 heterocycles. The lowest BCUT2D eigenvalue weighted by molar-refractivity contribution is 0.353. The van der Waals surface area contributed by atoms with Gasteiger partial charge >= 0.3 is 0 Å². The van der Waals surface area contributed by atoms with Crippen molar-refractivity contribution in [3.63, 3.8) is 0 Å². The Morgan fingerprint density at radius 2 is 1.97 bits per heavy atom. The lowest BCUT2D eigenvalue weighted by Crippen LogP contribution is -2.36. The summed E-state index contributed by atoms with van der Waals surface area (Å²) in [7, 11) is 5.08. The molecule has 1 aliphatic rings. The van der Waals surface area contributed by atoms with Crippen molar-refractivity contribution in [1.82, 2.24) is 19.7 Å². The summed E-state index contributed by atoms with van der Waals surface area (Å²) in [5.74, 6) is 2.02. The number of hydrogen-bond donors (Lipinski definition) is 1. The first-order valence-electron chi connectivity index (χ1n) is 9.95. The molecule has 0 fully saturated rings. The summed E-state index contributed by atoms with van der Waals surface area (Å²) in [4.78, 5) is 22.7. The van der Waals surface area contributed by atoms with Crippen molar-refractivity contribution in [3.05, 3.63) is 39.3 Å². The van der Waals surface area contributed by atoms with E-state index in [1.165, 1.54) is 5.56 Å². The number of aromatic amines is 1. The lowest BCUT2D eigenvalue weighted by atomic mass is 9.93. The molecule has 154 valence electrons. The maximum atomic E-state index is 12.8. The van der Waals surface area contributed by atoms with Gasteiger partial charge in [0, 0.05) is 13.6 Å². The Labute approximate surface area is 169 Å². The minimum Gasteiger partial charge on any atom is -0.493 e. The van der Waals surface area contributed by atoms with Gasteiger partial charge in [-0.05, 0) is 43.0 Å². The zero-order chi connectivity index (χ0) is 20.7. The Balaban J connectivity index is 1.79. The van der Waals surface area contributed by atoms with Crippen LogP contribution in [0.25, 0.3) is 11.0 Å². The van der Waals surface area contributed by atoms with E-state index in [2.05, 4.69) is 28.8 Å². The average molecular weight is 397 g/mol.